The molecule has 0 saturated heterocycles. The Morgan fingerprint density at radius 2 is 1.97 bits per heavy atom. The van der Waals surface area contributed by atoms with Crippen LogP contribution in [-0.2, 0) is 0 Å². The van der Waals surface area contributed by atoms with Crippen LogP contribution in [0.1, 0.15) is 42.1 Å². The maximum absolute atomic E-state index is 13.2. The molecule has 5 rings (SSSR count). The van der Waals surface area contributed by atoms with Gasteiger partial charge in [-0.3, -0.25) is 14.8 Å². The number of ether oxygens (including phenoxy) is 1. The number of aromatic amines is 1. The fourth-order valence-corrected chi connectivity index (χ4v) is 4.48. The normalized spacial score (nSPS) is 19.0. The minimum atomic E-state index is -0.358. The molecular formula is C25H25N5O3. The summed E-state index contributed by atoms with van der Waals surface area (Å²) in [5.74, 6) is 0.224. The van der Waals surface area contributed by atoms with Crippen molar-refractivity contribution < 1.29 is 14.6 Å². The van der Waals surface area contributed by atoms with Gasteiger partial charge in [0.05, 0.1) is 36.1 Å². The molecule has 0 aliphatic heterocycles. The molecule has 2 N–H and O–H groups in total. The van der Waals surface area contributed by atoms with Crippen LogP contribution < -0.4 is 10.4 Å². The number of benzene rings is 1. The van der Waals surface area contributed by atoms with E-state index in [4.69, 9.17) is 4.74 Å². The van der Waals surface area contributed by atoms with Crippen LogP contribution in [0.5, 0.6) is 5.75 Å². The lowest BCUT2D eigenvalue weighted by Gasteiger charge is -2.27. The second kappa shape index (κ2) is 8.99. The summed E-state index contributed by atoms with van der Waals surface area (Å²) in [5.41, 5.74) is 4.24. The van der Waals surface area contributed by atoms with Gasteiger partial charge >= 0.3 is 0 Å². The predicted molar refractivity (Wildman–Crippen MR) is 124 cm³/mol. The Balaban J connectivity index is 1.56. The van der Waals surface area contributed by atoms with E-state index in [-0.39, 0.29) is 18.1 Å². The molecule has 4 aromatic rings. The smallest absolute Gasteiger partial charge is 0.280 e. The summed E-state index contributed by atoms with van der Waals surface area (Å²) in [6.07, 6.45) is 7.78. The number of methoxy groups -OCH3 is 1. The Morgan fingerprint density at radius 3 is 2.79 bits per heavy atom. The van der Waals surface area contributed by atoms with Crippen molar-refractivity contribution >= 4 is 16.9 Å². The predicted octanol–water partition coefficient (Wildman–Crippen LogP) is 3.65. The Hall–Kier alpha value is -3.78. The van der Waals surface area contributed by atoms with E-state index in [2.05, 4.69) is 24.5 Å². The van der Waals surface area contributed by atoms with E-state index in [1.165, 1.54) is 0 Å². The Kier molecular flexibility index (Phi) is 5.75. The van der Waals surface area contributed by atoms with E-state index >= 15 is 0 Å². The van der Waals surface area contributed by atoms with Gasteiger partial charge in [-0.2, -0.15) is 4.99 Å². The van der Waals surface area contributed by atoms with Crippen molar-refractivity contribution in [3.63, 3.8) is 0 Å². The van der Waals surface area contributed by atoms with Gasteiger partial charge in [0, 0.05) is 29.6 Å². The van der Waals surface area contributed by atoms with Gasteiger partial charge in [-0.15, -0.1) is 0 Å². The lowest BCUT2D eigenvalue weighted by Crippen LogP contribution is -2.29. The number of nitrogens with zero attached hydrogens (tertiary/aromatic N) is 4. The van der Waals surface area contributed by atoms with Crippen molar-refractivity contribution in [2.45, 2.75) is 37.8 Å². The number of imidazole rings is 1. The summed E-state index contributed by atoms with van der Waals surface area (Å²) in [4.78, 5) is 29.5. The molecule has 8 nitrogen and oxygen atoms in total. The average Bonchev–Trinajstić information content (AvgIpc) is 3.22. The van der Waals surface area contributed by atoms with Crippen LogP contribution in [0.3, 0.4) is 0 Å². The van der Waals surface area contributed by atoms with Crippen LogP contribution >= 0.6 is 0 Å². The molecule has 0 spiro atoms. The van der Waals surface area contributed by atoms with Crippen molar-refractivity contribution in [2.75, 3.05) is 7.11 Å². The molecule has 33 heavy (non-hydrogen) atoms. The quantitative estimate of drug-likeness (QED) is 0.501. The molecule has 0 bridgehead atoms. The van der Waals surface area contributed by atoms with Crippen molar-refractivity contribution in [1.82, 2.24) is 19.5 Å². The Labute approximate surface area is 190 Å². The highest BCUT2D eigenvalue weighted by Crippen LogP contribution is 2.30. The topological polar surface area (TPSA) is 105 Å². The van der Waals surface area contributed by atoms with E-state index < -0.39 is 0 Å². The summed E-state index contributed by atoms with van der Waals surface area (Å²) in [6.45, 7) is 0. The zero-order valence-corrected chi connectivity index (χ0v) is 18.3. The third kappa shape index (κ3) is 4.17. The second-order valence-corrected chi connectivity index (χ2v) is 8.22. The van der Waals surface area contributed by atoms with Crippen molar-refractivity contribution in [3.05, 3.63) is 72.2 Å². The first-order valence-corrected chi connectivity index (χ1v) is 11.0. The van der Waals surface area contributed by atoms with Gasteiger partial charge in [-0.05, 0) is 56.0 Å². The fraction of sp³-hybridized carbons (Fsp3) is 0.280. The van der Waals surface area contributed by atoms with Gasteiger partial charge in [0.25, 0.3) is 5.91 Å². The van der Waals surface area contributed by atoms with Crippen molar-refractivity contribution in [3.8, 4) is 17.0 Å². The third-order valence-corrected chi connectivity index (χ3v) is 6.16. The first-order valence-electron chi connectivity index (χ1n) is 11.0. The molecule has 168 valence electrons. The van der Waals surface area contributed by atoms with Gasteiger partial charge in [0.1, 0.15) is 5.75 Å². The SMILES string of the molecule is COc1cnccc1-c1cc(C(=O)/N=c2\[nH]c3ccccc3n2[C@H]2CC[C@@H](O)CC2)ccn1. The highest BCUT2D eigenvalue weighted by molar-refractivity contribution is 5.96. The van der Waals surface area contributed by atoms with E-state index in [9.17, 15) is 9.90 Å². The van der Waals surface area contributed by atoms with E-state index in [0.717, 1.165) is 42.3 Å². The van der Waals surface area contributed by atoms with E-state index in [0.29, 0.717) is 22.6 Å². The number of rotatable bonds is 4. The average molecular weight is 444 g/mol. The first kappa shape index (κ1) is 21.1. The molecule has 1 fully saturated rings. The number of aliphatic hydroxyl groups is 1. The van der Waals surface area contributed by atoms with Crippen LogP contribution in [-0.4, -0.2) is 43.7 Å². The number of hydrogen-bond acceptors (Lipinski definition) is 5. The minimum Gasteiger partial charge on any atom is -0.494 e. The molecule has 8 heteroatoms. The molecule has 1 amide bonds. The number of nitrogens with one attached hydrogen (secondary N) is 1. The molecule has 3 heterocycles. The molecule has 1 aliphatic rings. The fourth-order valence-electron chi connectivity index (χ4n) is 4.48. The van der Waals surface area contributed by atoms with Gasteiger partial charge < -0.3 is 19.4 Å². The highest BCUT2D eigenvalue weighted by atomic mass is 16.5. The first-order chi connectivity index (χ1) is 16.1. The molecule has 1 saturated carbocycles. The highest BCUT2D eigenvalue weighted by Gasteiger charge is 2.23. The summed E-state index contributed by atoms with van der Waals surface area (Å²) in [5, 5.41) is 9.95. The lowest BCUT2D eigenvalue weighted by atomic mass is 9.93. The van der Waals surface area contributed by atoms with E-state index in [1.807, 2.05) is 24.3 Å². The summed E-state index contributed by atoms with van der Waals surface area (Å²) >= 11 is 0. The van der Waals surface area contributed by atoms with Crippen molar-refractivity contribution in [2.24, 2.45) is 4.99 Å². The van der Waals surface area contributed by atoms with Crippen molar-refractivity contribution in [1.29, 1.82) is 0 Å². The third-order valence-electron chi connectivity index (χ3n) is 6.16. The van der Waals surface area contributed by atoms with Gasteiger partial charge in [-0.25, -0.2) is 0 Å². The second-order valence-electron chi connectivity index (χ2n) is 8.22. The maximum Gasteiger partial charge on any atom is 0.280 e. The van der Waals surface area contributed by atoms with Crippen LogP contribution in [0, 0.1) is 0 Å². The number of hydrogen-bond donors (Lipinski definition) is 2. The number of fused-ring (bicyclic) bond motifs is 1. The number of aromatic nitrogens is 4. The molecule has 1 aromatic carbocycles. The lowest BCUT2D eigenvalue weighted by molar-refractivity contribution is 0.0990. The number of aliphatic hydroxyl groups excluding tert-OH is 1. The number of carbonyl (C=O) groups is 1. The zero-order valence-electron chi connectivity index (χ0n) is 18.3. The number of carbonyl (C=O) groups excluding carboxylic acids is 1. The Bertz CT molecular complexity index is 1370. The summed E-state index contributed by atoms with van der Waals surface area (Å²) in [6, 6.07) is 13.3. The summed E-state index contributed by atoms with van der Waals surface area (Å²) < 4.78 is 7.49. The molecule has 0 unspecified atom stereocenters. The van der Waals surface area contributed by atoms with Gasteiger partial charge in [0.2, 0.25) is 5.62 Å². The minimum absolute atomic E-state index is 0.171. The molecule has 3 aromatic heterocycles. The molecule has 0 radical (unpaired) electrons. The number of amides is 1. The van der Waals surface area contributed by atoms with Crippen LogP contribution in [0.25, 0.3) is 22.3 Å². The number of pyridine rings is 2. The zero-order chi connectivity index (χ0) is 22.8. The molecule has 0 atom stereocenters. The molecular weight excluding hydrogens is 418 g/mol. The maximum atomic E-state index is 13.2. The van der Waals surface area contributed by atoms with Gasteiger partial charge in [0.15, 0.2) is 0 Å². The van der Waals surface area contributed by atoms with Crippen LogP contribution in [0.15, 0.2) is 66.0 Å². The largest absolute Gasteiger partial charge is 0.494 e. The monoisotopic (exact) mass is 443 g/mol. The summed E-state index contributed by atoms with van der Waals surface area (Å²) in [7, 11) is 1.57. The Morgan fingerprint density at radius 1 is 1.15 bits per heavy atom. The van der Waals surface area contributed by atoms with Gasteiger partial charge in [-0.1, -0.05) is 12.1 Å². The molecule has 1 aliphatic carbocycles. The van der Waals surface area contributed by atoms with Crippen LogP contribution in [0.2, 0.25) is 0 Å². The van der Waals surface area contributed by atoms with E-state index in [1.54, 1.807) is 43.9 Å². The number of para-hydroxylation sites is 2. The standard InChI is InChI=1S/C25H25N5O3/c1-33-23-15-26-12-11-19(23)21-14-16(10-13-27-21)24(32)29-25-28-20-4-2-3-5-22(20)30(25)17-6-8-18(31)9-7-17/h2-5,10-15,17-18,31H,6-9H2,1H3,(H,28,29,32)/t17-,18+. The number of H-pyrrole nitrogens is 1. The van der Waals surface area contributed by atoms with Crippen LogP contribution in [0.4, 0.5) is 0 Å².